The fourth-order valence-electron chi connectivity index (χ4n) is 1.76. The summed E-state index contributed by atoms with van der Waals surface area (Å²) in [6, 6.07) is 3.67. The van der Waals surface area contributed by atoms with Crippen molar-refractivity contribution in [1.29, 1.82) is 0 Å². The van der Waals surface area contributed by atoms with Crippen LogP contribution in [-0.4, -0.2) is 28.9 Å². The zero-order valence-corrected chi connectivity index (χ0v) is 10.9. The van der Waals surface area contributed by atoms with Crippen molar-refractivity contribution >= 4 is 5.69 Å². The van der Waals surface area contributed by atoms with Crippen LogP contribution in [0.4, 0.5) is 5.69 Å². The fourth-order valence-corrected chi connectivity index (χ4v) is 1.76. The van der Waals surface area contributed by atoms with E-state index in [1.165, 1.54) is 20.4 Å². The van der Waals surface area contributed by atoms with Crippen molar-refractivity contribution in [1.82, 2.24) is 19.6 Å². The van der Waals surface area contributed by atoms with Gasteiger partial charge in [-0.3, -0.25) is 4.68 Å². The first kappa shape index (κ1) is 12.7. The zero-order chi connectivity index (χ0) is 13.3. The molecule has 0 aliphatic rings. The van der Waals surface area contributed by atoms with Gasteiger partial charge in [0.15, 0.2) is 5.69 Å². The number of hydroxylamine groups is 2. The van der Waals surface area contributed by atoms with Crippen molar-refractivity contribution in [2.75, 3.05) is 14.2 Å². The first-order valence-corrected chi connectivity index (χ1v) is 5.54. The van der Waals surface area contributed by atoms with Crippen LogP contribution in [0.2, 0.25) is 0 Å². The smallest absolute Gasteiger partial charge is 0.184 e. The number of hydrogen-bond acceptors (Lipinski definition) is 4. The average molecular weight is 248 g/mol. The lowest BCUT2D eigenvalue weighted by Gasteiger charge is -2.32. The summed E-state index contributed by atoms with van der Waals surface area (Å²) in [5.41, 5.74) is 3.10. The highest BCUT2D eigenvalue weighted by molar-refractivity contribution is 5.61. The Balaban J connectivity index is 2.47. The summed E-state index contributed by atoms with van der Waals surface area (Å²) in [6.07, 6.45) is 3.25. The molecule has 0 fully saturated rings. The third-order valence-electron chi connectivity index (χ3n) is 2.94. The van der Waals surface area contributed by atoms with Crippen molar-refractivity contribution in [2.24, 2.45) is 7.05 Å². The molecule has 2 rings (SSSR count). The molecule has 0 saturated heterocycles. The van der Waals surface area contributed by atoms with E-state index in [9.17, 15) is 5.21 Å². The fraction of sp³-hybridized carbons (Fsp3) is 0.333. The van der Waals surface area contributed by atoms with Crippen LogP contribution in [0.3, 0.4) is 0 Å². The van der Waals surface area contributed by atoms with Gasteiger partial charge in [-0.2, -0.15) is 9.91 Å². The lowest BCUT2D eigenvalue weighted by Crippen LogP contribution is -2.36. The number of hydrogen-bond donors (Lipinski definition) is 0. The second kappa shape index (κ2) is 4.49. The molecule has 6 heteroatoms. The summed E-state index contributed by atoms with van der Waals surface area (Å²) >= 11 is 0. The van der Waals surface area contributed by atoms with Crippen LogP contribution < -0.4 is 4.81 Å². The topological polar surface area (TPSA) is 63.0 Å². The molecule has 0 radical (unpaired) electrons. The van der Waals surface area contributed by atoms with Gasteiger partial charge in [0.2, 0.25) is 0 Å². The van der Waals surface area contributed by atoms with E-state index in [1.54, 1.807) is 16.9 Å². The predicted molar refractivity (Wildman–Crippen MR) is 69.3 cm³/mol. The highest BCUT2D eigenvalue weighted by Gasteiger charge is 2.17. The zero-order valence-electron chi connectivity index (χ0n) is 10.9. The molecule has 96 valence electrons. The second-order valence-electron chi connectivity index (χ2n) is 4.23. The van der Waals surface area contributed by atoms with Crippen molar-refractivity contribution in [2.45, 2.75) is 6.92 Å². The van der Waals surface area contributed by atoms with Gasteiger partial charge < -0.3 is 5.21 Å². The number of aromatic nitrogens is 3. The quantitative estimate of drug-likeness (QED) is 0.613. The van der Waals surface area contributed by atoms with Crippen LogP contribution in [0, 0.1) is 12.1 Å². The van der Waals surface area contributed by atoms with Gasteiger partial charge in [-0.05, 0) is 18.6 Å². The molecule has 0 aliphatic heterocycles. The molecule has 2 heterocycles. The van der Waals surface area contributed by atoms with Crippen LogP contribution in [0.1, 0.15) is 5.56 Å². The summed E-state index contributed by atoms with van der Waals surface area (Å²) in [7, 11) is 4.64. The Morgan fingerprint density at radius 1 is 1.44 bits per heavy atom. The molecular formula is C12H16N4O2. The number of aryl methyl sites for hydroxylation is 2. The van der Waals surface area contributed by atoms with E-state index < -0.39 is 4.81 Å². The molecule has 0 N–H and O–H groups in total. The third-order valence-corrected chi connectivity index (χ3v) is 2.94. The summed E-state index contributed by atoms with van der Waals surface area (Å²) < 4.78 is 1.75. The van der Waals surface area contributed by atoms with Gasteiger partial charge in [-0.15, -0.1) is 0 Å². The highest BCUT2D eigenvalue weighted by atomic mass is 16.9. The summed E-state index contributed by atoms with van der Waals surface area (Å²) in [5, 5.41) is 16.1. The van der Waals surface area contributed by atoms with Crippen LogP contribution >= 0.6 is 0 Å². The molecule has 0 amide bonds. The number of nitrogens with zero attached hydrogens (tertiary/aromatic N) is 4. The first-order chi connectivity index (χ1) is 8.45. The first-order valence-electron chi connectivity index (χ1n) is 5.54. The van der Waals surface area contributed by atoms with Crippen LogP contribution in [0.15, 0.2) is 24.5 Å². The molecule has 0 spiro atoms. The summed E-state index contributed by atoms with van der Waals surface area (Å²) in [6.45, 7) is 1.91. The third kappa shape index (κ3) is 2.13. The van der Waals surface area contributed by atoms with Crippen molar-refractivity contribution in [3.05, 3.63) is 35.3 Å². The van der Waals surface area contributed by atoms with E-state index in [1.807, 2.05) is 20.0 Å². The van der Waals surface area contributed by atoms with Crippen LogP contribution in [0.25, 0.3) is 11.4 Å². The molecule has 2 aromatic heterocycles. The van der Waals surface area contributed by atoms with Gasteiger partial charge in [0.05, 0.1) is 24.7 Å². The van der Waals surface area contributed by atoms with Gasteiger partial charge in [0.1, 0.15) is 7.05 Å². The summed E-state index contributed by atoms with van der Waals surface area (Å²) in [4.78, 5) is 8.29. The van der Waals surface area contributed by atoms with Gasteiger partial charge in [0.25, 0.3) is 0 Å². The molecule has 2 aromatic rings. The maximum atomic E-state index is 11.9. The van der Waals surface area contributed by atoms with E-state index in [2.05, 4.69) is 10.1 Å². The highest BCUT2D eigenvalue weighted by Crippen LogP contribution is 2.26. The van der Waals surface area contributed by atoms with E-state index in [-0.39, 0.29) is 0 Å². The minimum Gasteiger partial charge on any atom is -0.593 e. The Bertz CT molecular complexity index is 563. The predicted octanol–water partition coefficient (Wildman–Crippen LogP) is 1.79. The van der Waals surface area contributed by atoms with Crippen LogP contribution in [-0.2, 0) is 11.9 Å². The van der Waals surface area contributed by atoms with Crippen molar-refractivity contribution < 1.29 is 4.84 Å². The maximum Gasteiger partial charge on any atom is 0.184 e. The SMILES string of the molecule is CO[N+](C)([O-])c1cnc(-c2ccnn2C)c(C)c1. The molecule has 6 nitrogen and oxygen atoms in total. The normalized spacial score (nSPS) is 14.5. The number of rotatable bonds is 3. The lowest BCUT2D eigenvalue weighted by atomic mass is 10.1. The van der Waals surface area contributed by atoms with E-state index in [0.717, 1.165) is 17.0 Å². The molecule has 0 saturated carbocycles. The molecule has 18 heavy (non-hydrogen) atoms. The Morgan fingerprint density at radius 3 is 2.67 bits per heavy atom. The van der Waals surface area contributed by atoms with E-state index >= 15 is 0 Å². The Labute approximate surface area is 106 Å². The molecule has 1 atom stereocenters. The lowest BCUT2D eigenvalue weighted by molar-refractivity contribution is -0.0559. The average Bonchev–Trinajstić information content (AvgIpc) is 2.75. The van der Waals surface area contributed by atoms with Gasteiger partial charge >= 0.3 is 0 Å². The Morgan fingerprint density at radius 2 is 2.17 bits per heavy atom. The second-order valence-corrected chi connectivity index (χ2v) is 4.23. The number of pyridine rings is 1. The minimum atomic E-state index is -0.903. The molecule has 0 aromatic carbocycles. The van der Waals surface area contributed by atoms with Crippen molar-refractivity contribution in [3.8, 4) is 11.4 Å². The molecular weight excluding hydrogens is 232 g/mol. The van der Waals surface area contributed by atoms with Crippen molar-refractivity contribution in [3.63, 3.8) is 0 Å². The Hall–Kier alpha value is -1.76. The largest absolute Gasteiger partial charge is 0.593 e. The monoisotopic (exact) mass is 248 g/mol. The standard InChI is InChI=1S/C12H16N4O2/c1-9-7-10(16(3,17)18-4)8-13-12(9)11-5-6-14-15(11)2/h5-8H,1-4H3. The van der Waals surface area contributed by atoms with Gasteiger partial charge in [-0.1, -0.05) is 0 Å². The van der Waals surface area contributed by atoms with E-state index in [0.29, 0.717) is 5.69 Å². The summed E-state index contributed by atoms with van der Waals surface area (Å²) in [5.74, 6) is 0. The van der Waals surface area contributed by atoms with Gasteiger partial charge in [-0.25, -0.2) is 9.82 Å². The maximum absolute atomic E-state index is 11.9. The molecule has 0 bridgehead atoms. The van der Waals surface area contributed by atoms with Crippen LogP contribution in [0.5, 0.6) is 0 Å². The van der Waals surface area contributed by atoms with Gasteiger partial charge in [0, 0.05) is 19.3 Å². The molecule has 1 unspecified atom stereocenters. The van der Waals surface area contributed by atoms with E-state index in [4.69, 9.17) is 4.84 Å². The number of quaternary nitrogens is 1. The Kier molecular flexibility index (Phi) is 3.16. The minimum absolute atomic E-state index is 0.459. The molecule has 0 aliphatic carbocycles.